The van der Waals surface area contributed by atoms with Crippen molar-refractivity contribution < 1.29 is 14.3 Å². The SMILES string of the molecule is COc1cc(C(C)(C)C)cc(-c2nc3sccn3c2C=O)c1OC. The highest BCUT2D eigenvalue weighted by Gasteiger charge is 2.24. The van der Waals surface area contributed by atoms with Crippen LogP contribution < -0.4 is 9.47 Å². The van der Waals surface area contributed by atoms with Crippen molar-refractivity contribution in [1.29, 1.82) is 0 Å². The van der Waals surface area contributed by atoms with E-state index in [-0.39, 0.29) is 5.41 Å². The van der Waals surface area contributed by atoms with E-state index in [0.29, 0.717) is 22.9 Å². The highest BCUT2D eigenvalue weighted by molar-refractivity contribution is 7.15. The summed E-state index contributed by atoms with van der Waals surface area (Å²) in [5.41, 5.74) is 2.89. The molecule has 0 amide bonds. The number of carbonyl (C=O) groups excluding carboxylic acids is 1. The van der Waals surface area contributed by atoms with Gasteiger partial charge in [0.15, 0.2) is 22.7 Å². The summed E-state index contributed by atoms with van der Waals surface area (Å²) in [6, 6.07) is 4.00. The van der Waals surface area contributed by atoms with Gasteiger partial charge in [-0.15, -0.1) is 11.3 Å². The van der Waals surface area contributed by atoms with Crippen LogP contribution in [0.2, 0.25) is 0 Å². The van der Waals surface area contributed by atoms with E-state index >= 15 is 0 Å². The maximum atomic E-state index is 11.7. The zero-order valence-corrected chi connectivity index (χ0v) is 15.2. The third kappa shape index (κ3) is 2.57. The summed E-state index contributed by atoms with van der Waals surface area (Å²) in [7, 11) is 3.21. The summed E-state index contributed by atoms with van der Waals surface area (Å²) in [6.07, 6.45) is 2.68. The monoisotopic (exact) mass is 344 g/mol. The molecule has 0 atom stereocenters. The van der Waals surface area contributed by atoms with Crippen LogP contribution in [0.1, 0.15) is 36.8 Å². The Balaban J connectivity index is 2.35. The number of methoxy groups -OCH3 is 2. The Bertz CT molecular complexity index is 903. The molecule has 2 aromatic heterocycles. The van der Waals surface area contributed by atoms with E-state index in [2.05, 4.69) is 25.8 Å². The average molecular weight is 344 g/mol. The van der Waals surface area contributed by atoms with E-state index in [1.54, 1.807) is 18.6 Å². The maximum absolute atomic E-state index is 11.7. The summed E-state index contributed by atoms with van der Waals surface area (Å²) >= 11 is 1.49. The van der Waals surface area contributed by atoms with Gasteiger partial charge in [0.25, 0.3) is 0 Å². The van der Waals surface area contributed by atoms with Crippen molar-refractivity contribution in [3.05, 3.63) is 35.0 Å². The van der Waals surface area contributed by atoms with Crippen molar-refractivity contribution in [2.75, 3.05) is 14.2 Å². The molecule has 0 aliphatic rings. The molecule has 24 heavy (non-hydrogen) atoms. The molecule has 0 fully saturated rings. The van der Waals surface area contributed by atoms with Crippen LogP contribution in [0, 0.1) is 0 Å². The van der Waals surface area contributed by atoms with Gasteiger partial charge in [-0.3, -0.25) is 9.20 Å². The fraction of sp³-hybridized carbons (Fsp3) is 0.333. The van der Waals surface area contributed by atoms with Crippen LogP contribution in [-0.4, -0.2) is 29.9 Å². The third-order valence-corrected chi connectivity index (χ3v) is 4.77. The molecule has 0 radical (unpaired) electrons. The first kappa shape index (κ1) is 16.5. The third-order valence-electron chi connectivity index (χ3n) is 4.01. The molecule has 0 aliphatic carbocycles. The lowest BCUT2D eigenvalue weighted by Crippen LogP contribution is -2.12. The Morgan fingerprint density at radius 1 is 1.21 bits per heavy atom. The molecule has 0 saturated carbocycles. The normalized spacial score (nSPS) is 11.7. The van der Waals surface area contributed by atoms with Gasteiger partial charge in [-0.05, 0) is 23.1 Å². The predicted octanol–water partition coefficient (Wildman–Crippen LogP) is 4.19. The Morgan fingerprint density at radius 3 is 2.54 bits per heavy atom. The lowest BCUT2D eigenvalue weighted by atomic mass is 9.85. The van der Waals surface area contributed by atoms with Gasteiger partial charge in [-0.1, -0.05) is 20.8 Å². The standard InChI is InChI=1S/C18H20N2O3S/c1-18(2,3)11-8-12(16(23-5)14(9-11)22-4)15-13(10-21)20-6-7-24-17(20)19-15/h6-10H,1-5H3. The van der Waals surface area contributed by atoms with Crippen LogP contribution in [0.15, 0.2) is 23.7 Å². The van der Waals surface area contributed by atoms with Crippen LogP contribution in [0.25, 0.3) is 16.2 Å². The second kappa shape index (κ2) is 5.94. The number of fused-ring (bicyclic) bond motifs is 1. The number of ether oxygens (including phenoxy) is 2. The number of imidazole rings is 1. The highest BCUT2D eigenvalue weighted by Crippen LogP contribution is 2.42. The number of aldehydes is 1. The van der Waals surface area contributed by atoms with E-state index < -0.39 is 0 Å². The zero-order chi connectivity index (χ0) is 17.5. The summed E-state index contributed by atoms with van der Waals surface area (Å²) in [4.78, 5) is 17.1. The first-order chi connectivity index (χ1) is 11.4. The number of carbonyl (C=O) groups is 1. The van der Waals surface area contributed by atoms with Gasteiger partial charge in [-0.25, -0.2) is 4.98 Å². The van der Waals surface area contributed by atoms with Gasteiger partial charge in [0, 0.05) is 17.1 Å². The molecular formula is C18H20N2O3S. The Hall–Kier alpha value is -2.34. The van der Waals surface area contributed by atoms with E-state index in [1.807, 2.05) is 23.7 Å². The van der Waals surface area contributed by atoms with Crippen LogP contribution in [0.4, 0.5) is 0 Å². The molecule has 5 nitrogen and oxygen atoms in total. The minimum atomic E-state index is -0.0766. The van der Waals surface area contributed by atoms with Crippen molar-refractivity contribution in [1.82, 2.24) is 9.38 Å². The van der Waals surface area contributed by atoms with E-state index in [0.717, 1.165) is 22.4 Å². The van der Waals surface area contributed by atoms with Crippen LogP contribution >= 0.6 is 11.3 Å². The van der Waals surface area contributed by atoms with E-state index in [9.17, 15) is 4.79 Å². The smallest absolute Gasteiger partial charge is 0.194 e. The van der Waals surface area contributed by atoms with Gasteiger partial charge >= 0.3 is 0 Å². The molecule has 126 valence electrons. The topological polar surface area (TPSA) is 52.8 Å². The minimum Gasteiger partial charge on any atom is -0.493 e. The number of thiazole rings is 1. The molecule has 0 unspecified atom stereocenters. The average Bonchev–Trinajstić information content (AvgIpc) is 3.12. The molecule has 6 heteroatoms. The summed E-state index contributed by atoms with van der Waals surface area (Å²) < 4.78 is 12.9. The summed E-state index contributed by atoms with van der Waals surface area (Å²) in [6.45, 7) is 6.39. The Kier molecular flexibility index (Phi) is 4.09. The molecule has 1 aromatic carbocycles. The van der Waals surface area contributed by atoms with Crippen LogP contribution in [-0.2, 0) is 5.41 Å². The molecule has 0 aliphatic heterocycles. The molecule has 3 aromatic rings. The Labute approximate surface area is 144 Å². The van der Waals surface area contributed by atoms with Crippen molar-refractivity contribution in [2.45, 2.75) is 26.2 Å². The second-order valence-electron chi connectivity index (χ2n) is 6.53. The fourth-order valence-electron chi connectivity index (χ4n) is 2.69. The molecule has 0 bridgehead atoms. The van der Waals surface area contributed by atoms with Crippen LogP contribution in [0.5, 0.6) is 11.5 Å². The minimum absolute atomic E-state index is 0.0766. The first-order valence-electron chi connectivity index (χ1n) is 7.58. The number of hydrogen-bond acceptors (Lipinski definition) is 5. The van der Waals surface area contributed by atoms with Gasteiger partial charge in [0.1, 0.15) is 11.4 Å². The van der Waals surface area contributed by atoms with Crippen molar-refractivity contribution in [2.24, 2.45) is 0 Å². The van der Waals surface area contributed by atoms with Crippen molar-refractivity contribution >= 4 is 22.6 Å². The molecule has 0 spiro atoms. The second-order valence-corrected chi connectivity index (χ2v) is 7.40. The van der Waals surface area contributed by atoms with Gasteiger partial charge in [0.2, 0.25) is 0 Å². The van der Waals surface area contributed by atoms with Gasteiger partial charge < -0.3 is 9.47 Å². The quantitative estimate of drug-likeness (QED) is 0.666. The number of aromatic nitrogens is 2. The lowest BCUT2D eigenvalue weighted by Gasteiger charge is -2.22. The zero-order valence-electron chi connectivity index (χ0n) is 14.4. The van der Waals surface area contributed by atoms with E-state index in [1.165, 1.54) is 11.3 Å². The highest BCUT2D eigenvalue weighted by atomic mass is 32.1. The van der Waals surface area contributed by atoms with Gasteiger partial charge in [0.05, 0.1) is 14.2 Å². The van der Waals surface area contributed by atoms with Crippen molar-refractivity contribution in [3.8, 4) is 22.8 Å². The first-order valence-corrected chi connectivity index (χ1v) is 8.46. The number of rotatable bonds is 4. The summed E-state index contributed by atoms with van der Waals surface area (Å²) in [5.74, 6) is 1.22. The number of hydrogen-bond donors (Lipinski definition) is 0. The molecule has 0 saturated heterocycles. The van der Waals surface area contributed by atoms with Crippen LogP contribution in [0.3, 0.4) is 0 Å². The Morgan fingerprint density at radius 2 is 1.96 bits per heavy atom. The number of nitrogens with zero attached hydrogens (tertiary/aromatic N) is 2. The number of benzene rings is 1. The lowest BCUT2D eigenvalue weighted by molar-refractivity contribution is 0.111. The largest absolute Gasteiger partial charge is 0.493 e. The fourth-order valence-corrected chi connectivity index (χ4v) is 3.41. The summed E-state index contributed by atoms with van der Waals surface area (Å²) in [5, 5.41) is 1.91. The molecule has 3 rings (SSSR count). The molecular weight excluding hydrogens is 324 g/mol. The van der Waals surface area contributed by atoms with Gasteiger partial charge in [-0.2, -0.15) is 0 Å². The molecule has 2 heterocycles. The maximum Gasteiger partial charge on any atom is 0.194 e. The predicted molar refractivity (Wildman–Crippen MR) is 95.7 cm³/mol. The molecule has 0 N–H and O–H groups in total. The van der Waals surface area contributed by atoms with Crippen molar-refractivity contribution in [3.63, 3.8) is 0 Å². The van der Waals surface area contributed by atoms with E-state index in [4.69, 9.17) is 9.47 Å².